The molecule has 12 heteroatoms. The zero-order valence-corrected chi connectivity index (χ0v) is 31.3. The second-order valence-electron chi connectivity index (χ2n) is 15.4. The molecule has 0 bridgehead atoms. The van der Waals surface area contributed by atoms with Crippen LogP contribution in [0.5, 0.6) is 11.5 Å². The van der Waals surface area contributed by atoms with Crippen LogP contribution >= 0.6 is 11.6 Å². The summed E-state index contributed by atoms with van der Waals surface area (Å²) >= 11 is 6.14. The van der Waals surface area contributed by atoms with Crippen molar-refractivity contribution in [3.63, 3.8) is 0 Å². The molecule has 3 aliphatic heterocycles. The Kier molecular flexibility index (Phi) is 8.97. The number of ether oxygens (including phenoxy) is 2. The molecule has 4 aromatic rings. The third-order valence-corrected chi connectivity index (χ3v) is 12.8. The molecular formula is C44H39ClFN3O7. The summed E-state index contributed by atoms with van der Waals surface area (Å²) in [4.78, 5) is 62.6. The molecular weight excluding hydrogens is 737 g/mol. The van der Waals surface area contributed by atoms with Crippen LogP contribution in [0.1, 0.15) is 36.8 Å². The van der Waals surface area contributed by atoms with E-state index in [2.05, 4.69) is 4.90 Å². The van der Waals surface area contributed by atoms with Gasteiger partial charge in [0.1, 0.15) is 23.9 Å². The van der Waals surface area contributed by atoms with Gasteiger partial charge in [-0.25, -0.2) is 9.29 Å². The zero-order chi connectivity index (χ0) is 38.9. The molecule has 10 nitrogen and oxygen atoms in total. The standard InChI is InChI=1S/C44H39ClFN3O7/c1-44-34(41(52)49(43(44)54)28-11-16-36(46)35(45)21-28)23-33-30(39(44)31-13-12-29(22-37(31)50)56-24-25-5-3-2-4-6-25)14-15-32-38(33)42(53)48(40(32)51)27-9-7-26(8-10-27)47-17-19-55-20-18-47/h2-14,16,21-22,32-34,38-39,50H,15,17-20,23-24H2,1H3. The predicted molar refractivity (Wildman–Crippen MR) is 207 cm³/mol. The minimum atomic E-state index is -1.42. The van der Waals surface area contributed by atoms with Gasteiger partial charge in [0, 0.05) is 36.3 Å². The summed E-state index contributed by atoms with van der Waals surface area (Å²) in [5, 5.41) is 11.5. The van der Waals surface area contributed by atoms with Gasteiger partial charge < -0.3 is 19.5 Å². The molecule has 5 aliphatic rings. The van der Waals surface area contributed by atoms with Crippen LogP contribution in [0.25, 0.3) is 0 Å². The van der Waals surface area contributed by atoms with E-state index in [9.17, 15) is 28.7 Å². The van der Waals surface area contributed by atoms with Crippen molar-refractivity contribution in [2.24, 2.45) is 29.1 Å². The first kappa shape index (κ1) is 36.1. The number of amides is 4. The van der Waals surface area contributed by atoms with Gasteiger partial charge in [-0.2, -0.15) is 0 Å². The molecule has 0 spiro atoms. The average Bonchev–Trinajstić information content (AvgIpc) is 3.58. The van der Waals surface area contributed by atoms with Crippen LogP contribution in [-0.4, -0.2) is 55.0 Å². The summed E-state index contributed by atoms with van der Waals surface area (Å²) < 4.78 is 25.8. The van der Waals surface area contributed by atoms with Crippen LogP contribution < -0.4 is 19.4 Å². The summed E-state index contributed by atoms with van der Waals surface area (Å²) in [7, 11) is 0. The van der Waals surface area contributed by atoms with Gasteiger partial charge in [-0.3, -0.25) is 24.1 Å². The Hall–Kier alpha value is -5.52. The molecule has 6 unspecified atom stereocenters. The van der Waals surface area contributed by atoms with E-state index >= 15 is 0 Å². The maximum absolute atomic E-state index is 14.8. The van der Waals surface area contributed by atoms with Gasteiger partial charge >= 0.3 is 0 Å². The maximum atomic E-state index is 14.8. The van der Waals surface area contributed by atoms with Crippen molar-refractivity contribution in [1.29, 1.82) is 0 Å². The average molecular weight is 776 g/mol. The number of phenolic OH excluding ortho intramolecular Hbond substituents is 1. The Balaban J connectivity index is 1.09. The summed E-state index contributed by atoms with van der Waals surface area (Å²) in [6.07, 6.45) is 2.31. The number of fused-ring (bicyclic) bond motifs is 4. The SMILES string of the molecule is CC12C(=O)N(c3ccc(F)c(Cl)c3)C(=O)C1CC1C(=CCC3C(=O)N(c4ccc(N5CCOCC5)cc4)C(=O)C31)C2c1ccc(OCc2ccccc2)cc1O. The lowest BCUT2D eigenvalue weighted by molar-refractivity contribution is -0.131. The normalized spacial score (nSPS) is 27.2. The number of carbonyl (C=O) groups excluding carboxylic acids is 4. The monoisotopic (exact) mass is 775 g/mol. The molecule has 6 atom stereocenters. The molecule has 0 radical (unpaired) electrons. The molecule has 4 aromatic carbocycles. The minimum Gasteiger partial charge on any atom is -0.508 e. The van der Waals surface area contributed by atoms with Crippen LogP contribution in [-0.2, 0) is 30.5 Å². The number of carbonyl (C=O) groups is 4. The lowest BCUT2D eigenvalue weighted by Gasteiger charge is -2.49. The number of aromatic hydroxyl groups is 1. The molecule has 9 rings (SSSR count). The van der Waals surface area contributed by atoms with E-state index in [0.717, 1.165) is 40.9 Å². The molecule has 1 N–H and O–H groups in total. The number of benzene rings is 4. The van der Waals surface area contributed by atoms with Gasteiger partial charge in [0.05, 0.1) is 52.8 Å². The fourth-order valence-electron chi connectivity index (χ4n) is 9.72. The predicted octanol–water partition coefficient (Wildman–Crippen LogP) is 7.04. The second-order valence-corrected chi connectivity index (χ2v) is 15.8. The lowest BCUT2D eigenvalue weighted by atomic mass is 9.51. The van der Waals surface area contributed by atoms with Crippen molar-refractivity contribution in [2.45, 2.75) is 32.3 Å². The first-order chi connectivity index (χ1) is 27.1. The third kappa shape index (κ3) is 5.70. The fraction of sp³-hybridized carbons (Fsp3) is 0.318. The number of rotatable bonds is 7. The first-order valence-electron chi connectivity index (χ1n) is 18.9. The molecule has 2 aliphatic carbocycles. The molecule has 286 valence electrons. The number of halogens is 2. The van der Waals surface area contributed by atoms with Crippen LogP contribution in [0, 0.1) is 34.9 Å². The smallest absolute Gasteiger partial charge is 0.241 e. The van der Waals surface area contributed by atoms with Crippen molar-refractivity contribution in [3.05, 3.63) is 125 Å². The minimum absolute atomic E-state index is 0.123. The molecule has 3 saturated heterocycles. The van der Waals surface area contributed by atoms with E-state index in [-0.39, 0.29) is 47.7 Å². The largest absolute Gasteiger partial charge is 0.508 e. The Labute approximate surface area is 328 Å². The van der Waals surface area contributed by atoms with E-state index in [0.29, 0.717) is 30.2 Å². The molecule has 0 aromatic heterocycles. The first-order valence-corrected chi connectivity index (χ1v) is 19.3. The highest BCUT2D eigenvalue weighted by Gasteiger charge is 2.68. The molecule has 56 heavy (non-hydrogen) atoms. The summed E-state index contributed by atoms with van der Waals surface area (Å²) in [6, 6.07) is 25.6. The van der Waals surface area contributed by atoms with Crippen molar-refractivity contribution in [2.75, 3.05) is 41.0 Å². The van der Waals surface area contributed by atoms with Crippen molar-refractivity contribution in [1.82, 2.24) is 0 Å². The Morgan fingerprint density at radius 2 is 1.55 bits per heavy atom. The number of hydrogen-bond donors (Lipinski definition) is 1. The quantitative estimate of drug-likeness (QED) is 0.157. The number of nitrogens with zero attached hydrogens (tertiary/aromatic N) is 3. The lowest BCUT2D eigenvalue weighted by Crippen LogP contribution is -2.48. The van der Waals surface area contributed by atoms with Gasteiger partial charge in [0.15, 0.2) is 0 Å². The third-order valence-electron chi connectivity index (χ3n) is 12.5. The number of hydrogen-bond acceptors (Lipinski definition) is 8. The molecule has 4 fully saturated rings. The zero-order valence-electron chi connectivity index (χ0n) is 30.6. The number of anilines is 3. The Bertz CT molecular complexity index is 2300. The number of allylic oxidation sites excluding steroid dienone is 2. The number of phenols is 1. The van der Waals surface area contributed by atoms with Crippen molar-refractivity contribution >= 4 is 52.3 Å². The summed E-state index contributed by atoms with van der Waals surface area (Å²) in [6.45, 7) is 4.73. The van der Waals surface area contributed by atoms with Crippen LogP contribution in [0.4, 0.5) is 21.5 Å². The molecule has 1 saturated carbocycles. The highest BCUT2D eigenvalue weighted by atomic mass is 35.5. The second kappa shape index (κ2) is 13.9. The van der Waals surface area contributed by atoms with Crippen molar-refractivity contribution in [3.8, 4) is 11.5 Å². The summed E-state index contributed by atoms with van der Waals surface area (Å²) in [5.41, 5.74) is 2.22. The topological polar surface area (TPSA) is 117 Å². The van der Waals surface area contributed by atoms with Gasteiger partial charge in [-0.05, 0) is 79.8 Å². The van der Waals surface area contributed by atoms with Crippen LogP contribution in [0.3, 0.4) is 0 Å². The van der Waals surface area contributed by atoms with Gasteiger partial charge in [-0.15, -0.1) is 0 Å². The molecule has 4 amide bonds. The Morgan fingerprint density at radius 3 is 2.27 bits per heavy atom. The summed E-state index contributed by atoms with van der Waals surface area (Å²) in [5.74, 6) is -5.96. The van der Waals surface area contributed by atoms with Crippen LogP contribution in [0.15, 0.2) is 103 Å². The highest BCUT2D eigenvalue weighted by molar-refractivity contribution is 6.32. The van der Waals surface area contributed by atoms with E-state index in [4.69, 9.17) is 21.1 Å². The van der Waals surface area contributed by atoms with E-state index in [1.807, 2.05) is 48.5 Å². The van der Waals surface area contributed by atoms with Crippen LogP contribution in [0.2, 0.25) is 5.02 Å². The van der Waals surface area contributed by atoms with Crippen molar-refractivity contribution < 1.29 is 38.1 Å². The van der Waals surface area contributed by atoms with E-state index in [1.165, 1.54) is 23.1 Å². The van der Waals surface area contributed by atoms with Gasteiger partial charge in [-0.1, -0.05) is 59.6 Å². The number of imide groups is 2. The van der Waals surface area contributed by atoms with E-state index in [1.54, 1.807) is 31.2 Å². The van der Waals surface area contributed by atoms with Gasteiger partial charge in [0.2, 0.25) is 23.6 Å². The maximum Gasteiger partial charge on any atom is 0.241 e. The Morgan fingerprint density at radius 1 is 0.839 bits per heavy atom. The number of morpholine rings is 1. The fourth-order valence-corrected chi connectivity index (χ4v) is 9.89. The van der Waals surface area contributed by atoms with Gasteiger partial charge in [0.25, 0.3) is 0 Å². The van der Waals surface area contributed by atoms with E-state index < -0.39 is 52.6 Å². The highest BCUT2D eigenvalue weighted by Crippen LogP contribution is 2.64. The molecule has 3 heterocycles.